The van der Waals surface area contributed by atoms with Crippen LogP contribution in [0.3, 0.4) is 0 Å². The van der Waals surface area contributed by atoms with Gasteiger partial charge in [-0.1, -0.05) is 13.8 Å². The molecule has 1 aromatic carbocycles. The SMILES string of the molecule is COc1ccc(C2CNCC(C)(CC(C)C)O2)c(OC)c1. The van der Waals surface area contributed by atoms with Gasteiger partial charge in [-0.3, -0.25) is 0 Å². The van der Waals surface area contributed by atoms with Crippen molar-refractivity contribution in [2.45, 2.75) is 38.9 Å². The highest BCUT2D eigenvalue weighted by atomic mass is 16.5. The standard InChI is InChI=1S/C17H27NO3/c1-12(2)9-17(3)11-18-10-16(21-17)14-7-6-13(19-4)8-15(14)20-5/h6-8,12,16,18H,9-11H2,1-5H3. The van der Waals surface area contributed by atoms with E-state index < -0.39 is 0 Å². The van der Waals surface area contributed by atoms with Crippen LogP contribution < -0.4 is 14.8 Å². The Balaban J connectivity index is 2.21. The Bertz CT molecular complexity index is 475. The monoisotopic (exact) mass is 293 g/mol. The van der Waals surface area contributed by atoms with Crippen molar-refractivity contribution < 1.29 is 14.2 Å². The van der Waals surface area contributed by atoms with Crippen molar-refractivity contribution in [3.05, 3.63) is 23.8 Å². The van der Waals surface area contributed by atoms with Gasteiger partial charge in [0, 0.05) is 24.7 Å². The Hall–Kier alpha value is -1.26. The van der Waals surface area contributed by atoms with Gasteiger partial charge in [0.1, 0.15) is 11.5 Å². The molecule has 0 aromatic heterocycles. The van der Waals surface area contributed by atoms with Crippen molar-refractivity contribution in [2.75, 3.05) is 27.3 Å². The van der Waals surface area contributed by atoms with Gasteiger partial charge in [0.25, 0.3) is 0 Å². The third kappa shape index (κ3) is 3.89. The molecule has 0 radical (unpaired) electrons. The lowest BCUT2D eigenvalue weighted by molar-refractivity contribution is -0.117. The molecule has 1 aliphatic rings. The molecule has 1 fully saturated rings. The predicted octanol–water partition coefficient (Wildman–Crippen LogP) is 3.17. The van der Waals surface area contributed by atoms with E-state index in [0.717, 1.165) is 36.6 Å². The van der Waals surface area contributed by atoms with Crippen LogP contribution in [-0.2, 0) is 4.74 Å². The highest BCUT2D eigenvalue weighted by Gasteiger charge is 2.35. The predicted molar refractivity (Wildman–Crippen MR) is 84.1 cm³/mol. The number of hydrogen-bond acceptors (Lipinski definition) is 4. The second-order valence-corrected chi connectivity index (χ2v) is 6.39. The van der Waals surface area contributed by atoms with Crippen molar-refractivity contribution in [3.8, 4) is 11.5 Å². The van der Waals surface area contributed by atoms with Gasteiger partial charge in [-0.25, -0.2) is 0 Å². The van der Waals surface area contributed by atoms with Crippen LogP contribution >= 0.6 is 0 Å². The first-order chi connectivity index (χ1) is 9.97. The minimum atomic E-state index is -0.137. The smallest absolute Gasteiger partial charge is 0.128 e. The zero-order chi connectivity index (χ0) is 15.5. The molecule has 1 N–H and O–H groups in total. The number of benzene rings is 1. The normalized spacial score (nSPS) is 25.9. The van der Waals surface area contributed by atoms with Crippen molar-refractivity contribution in [1.29, 1.82) is 0 Å². The molecule has 1 saturated heterocycles. The number of morpholine rings is 1. The number of methoxy groups -OCH3 is 2. The van der Waals surface area contributed by atoms with E-state index in [1.807, 2.05) is 18.2 Å². The molecule has 1 aliphatic heterocycles. The first-order valence-corrected chi connectivity index (χ1v) is 7.58. The molecule has 2 unspecified atom stereocenters. The zero-order valence-corrected chi connectivity index (χ0v) is 13.7. The van der Waals surface area contributed by atoms with E-state index in [2.05, 4.69) is 26.1 Å². The van der Waals surface area contributed by atoms with E-state index in [0.29, 0.717) is 5.92 Å². The van der Waals surface area contributed by atoms with Crippen LogP contribution in [0.1, 0.15) is 38.9 Å². The Morgan fingerprint density at radius 3 is 2.71 bits per heavy atom. The summed E-state index contributed by atoms with van der Waals surface area (Å²) >= 11 is 0. The third-order valence-electron chi connectivity index (χ3n) is 3.88. The second-order valence-electron chi connectivity index (χ2n) is 6.39. The Morgan fingerprint density at radius 1 is 1.33 bits per heavy atom. The fourth-order valence-electron chi connectivity index (χ4n) is 3.14. The topological polar surface area (TPSA) is 39.7 Å². The van der Waals surface area contributed by atoms with E-state index >= 15 is 0 Å². The minimum absolute atomic E-state index is 0.00311. The second kappa shape index (κ2) is 6.67. The first-order valence-electron chi connectivity index (χ1n) is 7.58. The molecule has 118 valence electrons. The summed E-state index contributed by atoms with van der Waals surface area (Å²) in [5, 5.41) is 3.50. The largest absolute Gasteiger partial charge is 0.497 e. The average molecular weight is 293 g/mol. The molecule has 0 aliphatic carbocycles. The van der Waals surface area contributed by atoms with Crippen LogP contribution in [-0.4, -0.2) is 32.9 Å². The molecular weight excluding hydrogens is 266 g/mol. The number of ether oxygens (including phenoxy) is 3. The molecule has 2 atom stereocenters. The number of nitrogens with one attached hydrogen (secondary N) is 1. The van der Waals surface area contributed by atoms with E-state index in [9.17, 15) is 0 Å². The maximum absolute atomic E-state index is 6.40. The van der Waals surface area contributed by atoms with Gasteiger partial charge in [-0.05, 0) is 31.4 Å². The third-order valence-corrected chi connectivity index (χ3v) is 3.88. The summed E-state index contributed by atoms with van der Waals surface area (Å²) in [4.78, 5) is 0. The summed E-state index contributed by atoms with van der Waals surface area (Å²) in [6.07, 6.45) is 1.04. The molecule has 0 spiro atoms. The fraction of sp³-hybridized carbons (Fsp3) is 0.647. The molecule has 0 saturated carbocycles. The highest BCUT2D eigenvalue weighted by Crippen LogP contribution is 2.36. The minimum Gasteiger partial charge on any atom is -0.497 e. The van der Waals surface area contributed by atoms with Crippen LogP contribution in [0.2, 0.25) is 0 Å². The maximum Gasteiger partial charge on any atom is 0.128 e. The Morgan fingerprint density at radius 2 is 2.10 bits per heavy atom. The van der Waals surface area contributed by atoms with E-state index in [1.165, 1.54) is 0 Å². The summed E-state index contributed by atoms with van der Waals surface area (Å²) in [6.45, 7) is 8.33. The lowest BCUT2D eigenvalue weighted by atomic mass is 9.91. The molecule has 4 nitrogen and oxygen atoms in total. The van der Waals surface area contributed by atoms with Crippen molar-refractivity contribution in [1.82, 2.24) is 5.32 Å². The Labute approximate surface area is 127 Å². The van der Waals surface area contributed by atoms with Crippen molar-refractivity contribution in [2.24, 2.45) is 5.92 Å². The van der Waals surface area contributed by atoms with Gasteiger partial charge >= 0.3 is 0 Å². The van der Waals surface area contributed by atoms with Crippen LogP contribution in [0.5, 0.6) is 11.5 Å². The first kappa shape index (κ1) is 16.1. The summed E-state index contributed by atoms with van der Waals surface area (Å²) < 4.78 is 17.2. The van der Waals surface area contributed by atoms with Crippen LogP contribution in [0, 0.1) is 5.92 Å². The van der Waals surface area contributed by atoms with Gasteiger partial charge in [-0.2, -0.15) is 0 Å². The summed E-state index contributed by atoms with van der Waals surface area (Å²) in [5.74, 6) is 2.22. The maximum atomic E-state index is 6.40. The van der Waals surface area contributed by atoms with Gasteiger partial charge in [-0.15, -0.1) is 0 Å². The summed E-state index contributed by atoms with van der Waals surface area (Å²) in [7, 11) is 3.34. The van der Waals surface area contributed by atoms with Crippen molar-refractivity contribution >= 4 is 0 Å². The number of hydrogen-bond donors (Lipinski definition) is 1. The van der Waals surface area contributed by atoms with Crippen LogP contribution in [0.25, 0.3) is 0 Å². The zero-order valence-electron chi connectivity index (χ0n) is 13.7. The van der Waals surface area contributed by atoms with Gasteiger partial charge in [0.2, 0.25) is 0 Å². The molecule has 2 rings (SSSR count). The lowest BCUT2D eigenvalue weighted by Crippen LogP contribution is -2.49. The fourth-order valence-corrected chi connectivity index (χ4v) is 3.14. The lowest BCUT2D eigenvalue weighted by Gasteiger charge is -2.40. The molecule has 0 amide bonds. The Kier molecular flexibility index (Phi) is 5.12. The highest BCUT2D eigenvalue weighted by molar-refractivity contribution is 5.42. The van der Waals surface area contributed by atoms with E-state index in [-0.39, 0.29) is 11.7 Å². The molecule has 1 heterocycles. The average Bonchev–Trinajstić information content (AvgIpc) is 2.45. The summed E-state index contributed by atoms with van der Waals surface area (Å²) in [5.41, 5.74) is 0.933. The molecule has 21 heavy (non-hydrogen) atoms. The van der Waals surface area contributed by atoms with Crippen LogP contribution in [0.4, 0.5) is 0 Å². The van der Waals surface area contributed by atoms with E-state index in [1.54, 1.807) is 14.2 Å². The molecular formula is C17H27NO3. The summed E-state index contributed by atoms with van der Waals surface area (Å²) in [6, 6.07) is 5.90. The quantitative estimate of drug-likeness (QED) is 0.905. The molecule has 1 aromatic rings. The van der Waals surface area contributed by atoms with Crippen LogP contribution in [0.15, 0.2) is 18.2 Å². The number of rotatable bonds is 5. The van der Waals surface area contributed by atoms with Crippen molar-refractivity contribution in [3.63, 3.8) is 0 Å². The molecule has 0 bridgehead atoms. The van der Waals surface area contributed by atoms with Gasteiger partial charge < -0.3 is 19.5 Å². The van der Waals surface area contributed by atoms with Gasteiger partial charge in [0.15, 0.2) is 0 Å². The molecule has 4 heteroatoms. The van der Waals surface area contributed by atoms with Gasteiger partial charge in [0.05, 0.1) is 25.9 Å². The van der Waals surface area contributed by atoms with E-state index in [4.69, 9.17) is 14.2 Å².